The van der Waals surface area contributed by atoms with Crippen molar-refractivity contribution in [2.75, 3.05) is 0 Å². The van der Waals surface area contributed by atoms with Gasteiger partial charge in [0.05, 0.1) is 0 Å². The normalized spacial score (nSPS) is 16.5. The number of primary amides is 1. The van der Waals surface area contributed by atoms with Crippen molar-refractivity contribution in [2.24, 2.45) is 11.7 Å². The quantitative estimate of drug-likeness (QED) is 0.738. The maximum Gasteiger partial charge on any atom is 0.230 e. The van der Waals surface area contributed by atoms with E-state index in [1.807, 2.05) is 12.1 Å². The molecule has 1 amide bonds. The van der Waals surface area contributed by atoms with Gasteiger partial charge in [-0.1, -0.05) is 56.2 Å². The minimum absolute atomic E-state index is 0.0776. The Labute approximate surface area is 154 Å². The van der Waals surface area contributed by atoms with Crippen LogP contribution in [0.5, 0.6) is 0 Å². The summed E-state index contributed by atoms with van der Waals surface area (Å²) in [5.74, 6) is 1.59. The first-order valence-corrected chi connectivity index (χ1v) is 9.70. The fraction of sp³-hybridized carbons (Fsp3) is 0.600. The van der Waals surface area contributed by atoms with Gasteiger partial charge in [0.15, 0.2) is 5.82 Å². The van der Waals surface area contributed by atoms with E-state index in [0.29, 0.717) is 18.1 Å². The second kappa shape index (κ2) is 9.46. The second-order valence-electron chi connectivity index (χ2n) is 7.39. The first-order valence-electron chi connectivity index (χ1n) is 9.70. The minimum atomic E-state index is -0.320. The van der Waals surface area contributed by atoms with Gasteiger partial charge >= 0.3 is 0 Å². The van der Waals surface area contributed by atoms with Gasteiger partial charge in [-0.2, -0.15) is 4.98 Å². The van der Waals surface area contributed by atoms with Crippen LogP contribution in [0.4, 0.5) is 0 Å². The molecule has 0 spiro atoms. The zero-order chi connectivity index (χ0) is 18.2. The first-order chi connectivity index (χ1) is 12.7. The van der Waals surface area contributed by atoms with E-state index in [1.54, 1.807) is 12.4 Å². The van der Waals surface area contributed by atoms with Crippen LogP contribution in [0.2, 0.25) is 0 Å². The fourth-order valence-electron chi connectivity index (χ4n) is 3.87. The summed E-state index contributed by atoms with van der Waals surface area (Å²) in [7, 11) is 0. The largest absolute Gasteiger partial charge is 0.370 e. The van der Waals surface area contributed by atoms with Gasteiger partial charge in [-0.05, 0) is 24.0 Å². The van der Waals surface area contributed by atoms with Crippen molar-refractivity contribution in [2.45, 2.75) is 70.1 Å². The summed E-state index contributed by atoms with van der Waals surface area (Å²) in [6.45, 7) is 0. The van der Waals surface area contributed by atoms with Crippen LogP contribution < -0.4 is 5.73 Å². The van der Waals surface area contributed by atoms with E-state index in [1.165, 1.54) is 38.5 Å². The van der Waals surface area contributed by atoms with E-state index in [9.17, 15) is 4.79 Å². The standard InChI is InChI=1S/C20H28N4O2/c21-18(25)13-17(10-4-8-15-6-2-1-3-7-15)20-23-19(24-26-20)12-16-9-5-11-22-14-16/h5,9,11,14-15,17H,1-4,6-8,10,12-13H2,(H2,21,25). The van der Waals surface area contributed by atoms with Crippen LogP contribution in [0, 0.1) is 5.92 Å². The van der Waals surface area contributed by atoms with Gasteiger partial charge < -0.3 is 10.3 Å². The molecule has 6 heteroatoms. The Bertz CT molecular complexity index is 680. The number of aromatic nitrogens is 3. The predicted molar refractivity (Wildman–Crippen MR) is 98.3 cm³/mol. The molecule has 1 aliphatic carbocycles. The number of carbonyl (C=O) groups is 1. The maximum atomic E-state index is 11.5. The summed E-state index contributed by atoms with van der Waals surface area (Å²) >= 11 is 0. The smallest absolute Gasteiger partial charge is 0.230 e. The van der Waals surface area contributed by atoms with Gasteiger partial charge in [0.2, 0.25) is 11.8 Å². The molecule has 2 aromatic heterocycles. The average molecular weight is 356 g/mol. The SMILES string of the molecule is NC(=O)CC(CCCC1CCCCC1)c1nc(Cc2cccnc2)no1. The molecule has 0 aliphatic heterocycles. The van der Waals surface area contributed by atoms with Crippen LogP contribution in [-0.4, -0.2) is 21.0 Å². The van der Waals surface area contributed by atoms with Crippen LogP contribution in [0.3, 0.4) is 0 Å². The van der Waals surface area contributed by atoms with Gasteiger partial charge in [-0.3, -0.25) is 9.78 Å². The summed E-state index contributed by atoms with van der Waals surface area (Å²) in [5, 5.41) is 4.07. The highest BCUT2D eigenvalue weighted by molar-refractivity contribution is 5.74. The monoisotopic (exact) mass is 356 g/mol. The van der Waals surface area contributed by atoms with Crippen molar-refractivity contribution in [3.8, 4) is 0 Å². The molecule has 1 aliphatic rings. The third-order valence-corrected chi connectivity index (χ3v) is 5.26. The van der Waals surface area contributed by atoms with Crippen molar-refractivity contribution >= 4 is 5.91 Å². The number of pyridine rings is 1. The van der Waals surface area contributed by atoms with Crippen molar-refractivity contribution in [3.05, 3.63) is 41.8 Å². The predicted octanol–water partition coefficient (Wildman–Crippen LogP) is 3.77. The highest BCUT2D eigenvalue weighted by Crippen LogP contribution is 2.31. The molecule has 1 fully saturated rings. The summed E-state index contributed by atoms with van der Waals surface area (Å²) in [6, 6.07) is 3.87. The molecule has 26 heavy (non-hydrogen) atoms. The molecule has 1 saturated carbocycles. The zero-order valence-corrected chi connectivity index (χ0v) is 15.3. The molecule has 0 radical (unpaired) electrons. The van der Waals surface area contributed by atoms with Gasteiger partial charge in [0.1, 0.15) is 0 Å². The zero-order valence-electron chi connectivity index (χ0n) is 15.3. The Morgan fingerprint density at radius 3 is 2.88 bits per heavy atom. The van der Waals surface area contributed by atoms with Crippen molar-refractivity contribution in [1.82, 2.24) is 15.1 Å². The molecule has 2 aromatic rings. The number of nitrogens with two attached hydrogens (primary N) is 1. The van der Waals surface area contributed by atoms with E-state index in [-0.39, 0.29) is 18.2 Å². The molecule has 6 nitrogen and oxygen atoms in total. The number of hydrogen-bond donors (Lipinski definition) is 1. The maximum absolute atomic E-state index is 11.5. The topological polar surface area (TPSA) is 94.9 Å². The van der Waals surface area contributed by atoms with Crippen molar-refractivity contribution < 1.29 is 9.32 Å². The van der Waals surface area contributed by atoms with Crippen LogP contribution in [-0.2, 0) is 11.2 Å². The lowest BCUT2D eigenvalue weighted by atomic mass is 9.84. The number of carbonyl (C=O) groups excluding carboxylic acids is 1. The lowest BCUT2D eigenvalue weighted by molar-refractivity contribution is -0.118. The number of hydrogen-bond acceptors (Lipinski definition) is 5. The first kappa shape index (κ1) is 18.5. The van der Waals surface area contributed by atoms with E-state index in [2.05, 4.69) is 15.1 Å². The molecule has 2 N–H and O–H groups in total. The van der Waals surface area contributed by atoms with E-state index >= 15 is 0 Å². The third-order valence-electron chi connectivity index (χ3n) is 5.26. The number of nitrogens with zero attached hydrogens (tertiary/aromatic N) is 3. The molecule has 1 unspecified atom stereocenters. The van der Waals surface area contributed by atoms with Gasteiger partial charge in [-0.25, -0.2) is 0 Å². The molecule has 0 bridgehead atoms. The highest BCUT2D eigenvalue weighted by atomic mass is 16.5. The molecule has 0 saturated heterocycles. The average Bonchev–Trinajstić information content (AvgIpc) is 3.11. The Morgan fingerprint density at radius 1 is 1.31 bits per heavy atom. The summed E-state index contributed by atoms with van der Waals surface area (Å²) in [4.78, 5) is 20.1. The van der Waals surface area contributed by atoms with Gasteiger partial charge in [0.25, 0.3) is 0 Å². The second-order valence-corrected chi connectivity index (χ2v) is 7.39. The van der Waals surface area contributed by atoms with Crippen molar-refractivity contribution in [1.29, 1.82) is 0 Å². The Hall–Kier alpha value is -2.24. The Morgan fingerprint density at radius 2 is 2.15 bits per heavy atom. The molecule has 3 rings (SSSR count). The summed E-state index contributed by atoms with van der Waals surface area (Å²) in [5.41, 5.74) is 6.47. The summed E-state index contributed by atoms with van der Waals surface area (Å²) < 4.78 is 5.45. The third kappa shape index (κ3) is 5.64. The van der Waals surface area contributed by atoms with Gasteiger partial charge in [-0.15, -0.1) is 0 Å². The molecule has 140 valence electrons. The summed E-state index contributed by atoms with van der Waals surface area (Å²) in [6.07, 6.45) is 14.3. The molecular formula is C20H28N4O2. The highest BCUT2D eigenvalue weighted by Gasteiger charge is 2.22. The lowest BCUT2D eigenvalue weighted by Crippen LogP contribution is -2.16. The van der Waals surface area contributed by atoms with Crippen LogP contribution in [0.1, 0.15) is 81.0 Å². The number of amides is 1. The fourth-order valence-corrected chi connectivity index (χ4v) is 3.87. The van der Waals surface area contributed by atoms with Crippen molar-refractivity contribution in [3.63, 3.8) is 0 Å². The Kier molecular flexibility index (Phi) is 6.75. The Balaban J connectivity index is 1.57. The lowest BCUT2D eigenvalue weighted by Gasteiger charge is -2.21. The molecule has 1 atom stereocenters. The van der Waals surface area contributed by atoms with E-state index in [4.69, 9.17) is 10.3 Å². The molecular weight excluding hydrogens is 328 g/mol. The van der Waals surface area contributed by atoms with Crippen LogP contribution >= 0.6 is 0 Å². The van der Waals surface area contributed by atoms with E-state index < -0.39 is 0 Å². The molecule has 0 aromatic carbocycles. The van der Waals surface area contributed by atoms with Crippen LogP contribution in [0.15, 0.2) is 29.0 Å². The minimum Gasteiger partial charge on any atom is -0.370 e. The molecule has 2 heterocycles. The van der Waals surface area contributed by atoms with Gasteiger partial charge in [0, 0.05) is 31.2 Å². The van der Waals surface area contributed by atoms with Crippen LogP contribution in [0.25, 0.3) is 0 Å². The van der Waals surface area contributed by atoms with E-state index in [0.717, 1.165) is 24.3 Å². The number of rotatable bonds is 9.